The van der Waals surface area contributed by atoms with Crippen LogP contribution in [0.1, 0.15) is 40.2 Å². The fraction of sp³-hybridized carbons (Fsp3) is 0.381. The average Bonchev–Trinajstić information content (AvgIpc) is 3.43. The van der Waals surface area contributed by atoms with Crippen molar-refractivity contribution in [1.82, 2.24) is 4.98 Å². The van der Waals surface area contributed by atoms with Crippen LogP contribution in [0.3, 0.4) is 0 Å². The lowest BCUT2D eigenvalue weighted by Gasteiger charge is -2.23. The van der Waals surface area contributed by atoms with Gasteiger partial charge in [0.05, 0.1) is 27.7 Å². The summed E-state index contributed by atoms with van der Waals surface area (Å²) in [4.78, 5) is 33.6. The van der Waals surface area contributed by atoms with Crippen molar-refractivity contribution in [2.45, 2.75) is 38.7 Å². The molecular formula is C21H22N2O3S2. The molecule has 146 valence electrons. The number of ether oxygens (including phenoxy) is 1. The van der Waals surface area contributed by atoms with E-state index in [0.29, 0.717) is 11.7 Å². The highest BCUT2D eigenvalue weighted by molar-refractivity contribution is 7.22. The molecule has 1 aliphatic heterocycles. The van der Waals surface area contributed by atoms with Crippen molar-refractivity contribution >= 4 is 49.7 Å². The van der Waals surface area contributed by atoms with Crippen LogP contribution in [0.5, 0.6) is 0 Å². The number of aryl methyl sites for hydroxylation is 1. The Labute approximate surface area is 172 Å². The minimum absolute atomic E-state index is 0.0211. The van der Waals surface area contributed by atoms with Gasteiger partial charge in [0.25, 0.3) is 0 Å². The number of nitrogens with zero attached hydrogens (tertiary/aromatic N) is 2. The Morgan fingerprint density at radius 2 is 2.04 bits per heavy atom. The minimum atomic E-state index is -0.0730. The fourth-order valence-electron chi connectivity index (χ4n) is 3.32. The van der Waals surface area contributed by atoms with Crippen LogP contribution >= 0.6 is 22.7 Å². The van der Waals surface area contributed by atoms with Crippen LogP contribution in [-0.4, -0.2) is 35.9 Å². The van der Waals surface area contributed by atoms with Gasteiger partial charge < -0.3 is 4.74 Å². The van der Waals surface area contributed by atoms with Crippen molar-refractivity contribution < 1.29 is 14.3 Å². The molecule has 0 bridgehead atoms. The molecule has 1 fully saturated rings. The third kappa shape index (κ3) is 4.32. The van der Waals surface area contributed by atoms with E-state index in [2.05, 4.69) is 4.98 Å². The van der Waals surface area contributed by atoms with Crippen molar-refractivity contribution in [3.05, 3.63) is 46.2 Å². The molecule has 28 heavy (non-hydrogen) atoms. The first-order valence-electron chi connectivity index (χ1n) is 9.47. The van der Waals surface area contributed by atoms with Crippen molar-refractivity contribution in [1.29, 1.82) is 0 Å². The van der Waals surface area contributed by atoms with Gasteiger partial charge in [-0.25, -0.2) is 4.98 Å². The van der Waals surface area contributed by atoms with Gasteiger partial charge >= 0.3 is 0 Å². The van der Waals surface area contributed by atoms with Crippen LogP contribution in [0.25, 0.3) is 10.2 Å². The number of hydrogen-bond donors (Lipinski definition) is 0. The first kappa shape index (κ1) is 19.2. The molecule has 2 aromatic heterocycles. The van der Waals surface area contributed by atoms with E-state index in [0.717, 1.165) is 39.4 Å². The Bertz CT molecular complexity index is 955. The van der Waals surface area contributed by atoms with Gasteiger partial charge in [-0.15, -0.1) is 11.3 Å². The molecule has 4 rings (SSSR count). The number of hydrogen-bond acceptors (Lipinski definition) is 6. The lowest BCUT2D eigenvalue weighted by Crippen LogP contribution is -2.37. The number of carbonyl (C=O) groups is 2. The average molecular weight is 415 g/mol. The SMILES string of the molecule is Cc1ccc(C(=O)CCC(=O)N(CC2CCCO2)c2nc3ccccc3s2)s1. The Hall–Kier alpha value is -2.09. The summed E-state index contributed by atoms with van der Waals surface area (Å²) in [7, 11) is 0. The van der Waals surface area contributed by atoms with Crippen molar-refractivity contribution in [3.63, 3.8) is 0 Å². The lowest BCUT2D eigenvalue weighted by molar-refractivity contribution is -0.119. The van der Waals surface area contributed by atoms with E-state index in [1.807, 2.05) is 43.3 Å². The number of ketones is 1. The van der Waals surface area contributed by atoms with Gasteiger partial charge in [0.2, 0.25) is 5.91 Å². The first-order chi connectivity index (χ1) is 13.6. The number of rotatable bonds is 7. The van der Waals surface area contributed by atoms with E-state index < -0.39 is 0 Å². The van der Waals surface area contributed by atoms with Crippen LogP contribution in [-0.2, 0) is 9.53 Å². The Morgan fingerprint density at radius 3 is 2.75 bits per heavy atom. The van der Waals surface area contributed by atoms with Gasteiger partial charge in [-0.3, -0.25) is 14.5 Å². The third-order valence-electron chi connectivity index (χ3n) is 4.81. The first-order valence-corrected chi connectivity index (χ1v) is 11.1. The second kappa shape index (κ2) is 8.51. The predicted molar refractivity (Wildman–Crippen MR) is 114 cm³/mol. The van der Waals surface area contributed by atoms with Crippen LogP contribution in [0, 0.1) is 6.92 Å². The number of anilines is 1. The number of fused-ring (bicyclic) bond motifs is 1. The van der Waals surface area contributed by atoms with E-state index in [4.69, 9.17) is 4.74 Å². The minimum Gasteiger partial charge on any atom is -0.376 e. The van der Waals surface area contributed by atoms with E-state index in [9.17, 15) is 9.59 Å². The molecule has 1 aromatic carbocycles. The molecule has 1 unspecified atom stereocenters. The number of para-hydroxylation sites is 1. The molecule has 0 spiro atoms. The summed E-state index contributed by atoms with van der Waals surface area (Å²) < 4.78 is 6.79. The molecule has 3 heterocycles. The number of benzene rings is 1. The summed E-state index contributed by atoms with van der Waals surface area (Å²) in [6.07, 6.45) is 2.39. The van der Waals surface area contributed by atoms with E-state index in [-0.39, 0.29) is 30.6 Å². The Balaban J connectivity index is 1.50. The third-order valence-corrected chi connectivity index (χ3v) is 6.91. The van der Waals surface area contributed by atoms with Gasteiger partial charge in [-0.2, -0.15) is 0 Å². The fourth-order valence-corrected chi connectivity index (χ4v) is 5.14. The van der Waals surface area contributed by atoms with E-state index >= 15 is 0 Å². The molecule has 0 radical (unpaired) electrons. The molecule has 3 aromatic rings. The van der Waals surface area contributed by atoms with Gasteiger partial charge in [-0.1, -0.05) is 23.5 Å². The summed E-state index contributed by atoms with van der Waals surface area (Å²) in [5.41, 5.74) is 0.887. The van der Waals surface area contributed by atoms with Crippen molar-refractivity contribution in [2.24, 2.45) is 0 Å². The number of carbonyl (C=O) groups excluding carboxylic acids is 2. The second-order valence-corrected chi connectivity index (χ2v) is 9.23. The number of Topliss-reactive ketones (excluding diaryl/α,β-unsaturated/α-hetero) is 1. The van der Waals surface area contributed by atoms with Gasteiger partial charge in [0.1, 0.15) is 0 Å². The quantitative estimate of drug-likeness (QED) is 0.519. The van der Waals surface area contributed by atoms with E-state index in [1.165, 1.54) is 22.7 Å². The largest absolute Gasteiger partial charge is 0.376 e. The number of aromatic nitrogens is 1. The number of thiophene rings is 1. The van der Waals surface area contributed by atoms with Crippen LogP contribution < -0.4 is 4.90 Å². The summed E-state index contributed by atoms with van der Waals surface area (Å²) in [6.45, 7) is 3.21. The predicted octanol–water partition coefficient (Wildman–Crippen LogP) is 4.84. The zero-order chi connectivity index (χ0) is 19.5. The molecule has 0 aliphatic carbocycles. The molecule has 1 atom stereocenters. The van der Waals surface area contributed by atoms with Gasteiger partial charge in [-0.05, 0) is 44.0 Å². The molecule has 1 aliphatic rings. The molecule has 5 nitrogen and oxygen atoms in total. The Kier molecular flexibility index (Phi) is 5.85. The molecular weight excluding hydrogens is 392 g/mol. The highest BCUT2D eigenvalue weighted by atomic mass is 32.1. The highest BCUT2D eigenvalue weighted by Crippen LogP contribution is 2.30. The standard InChI is InChI=1S/C21H22N2O3S2/c1-14-8-10-19(27-14)17(24)9-11-20(25)23(13-15-5-4-12-26-15)21-22-16-6-2-3-7-18(16)28-21/h2-3,6-8,10,15H,4-5,9,11-13H2,1H3. The Morgan fingerprint density at radius 1 is 1.18 bits per heavy atom. The normalized spacial score (nSPS) is 16.5. The molecule has 1 amide bonds. The zero-order valence-electron chi connectivity index (χ0n) is 15.7. The molecule has 1 saturated heterocycles. The van der Waals surface area contributed by atoms with Crippen LogP contribution in [0.2, 0.25) is 0 Å². The molecule has 7 heteroatoms. The zero-order valence-corrected chi connectivity index (χ0v) is 17.4. The maximum Gasteiger partial charge on any atom is 0.229 e. The summed E-state index contributed by atoms with van der Waals surface area (Å²) >= 11 is 2.98. The monoisotopic (exact) mass is 414 g/mol. The van der Waals surface area contributed by atoms with Crippen molar-refractivity contribution in [3.8, 4) is 0 Å². The summed E-state index contributed by atoms with van der Waals surface area (Å²) in [6, 6.07) is 11.6. The maximum absolute atomic E-state index is 13.0. The van der Waals surface area contributed by atoms with Gasteiger partial charge in [0.15, 0.2) is 10.9 Å². The van der Waals surface area contributed by atoms with Crippen molar-refractivity contribution in [2.75, 3.05) is 18.1 Å². The van der Waals surface area contributed by atoms with Crippen LogP contribution in [0.15, 0.2) is 36.4 Å². The number of amides is 1. The smallest absolute Gasteiger partial charge is 0.229 e. The highest BCUT2D eigenvalue weighted by Gasteiger charge is 2.26. The van der Waals surface area contributed by atoms with E-state index in [1.54, 1.807) is 4.90 Å². The topological polar surface area (TPSA) is 59.5 Å². The number of thiazole rings is 1. The summed E-state index contributed by atoms with van der Waals surface area (Å²) in [5, 5.41) is 0.682. The molecule has 0 N–H and O–H groups in total. The second-order valence-electron chi connectivity index (χ2n) is 6.94. The van der Waals surface area contributed by atoms with Crippen LogP contribution in [0.4, 0.5) is 5.13 Å². The summed E-state index contributed by atoms with van der Waals surface area (Å²) in [5.74, 6) is -0.0519. The lowest BCUT2D eigenvalue weighted by atomic mass is 10.1. The molecule has 0 saturated carbocycles. The maximum atomic E-state index is 13.0. The van der Waals surface area contributed by atoms with Gasteiger partial charge in [0, 0.05) is 24.3 Å².